The number of fused-ring (bicyclic) bond motifs is 2. The summed E-state index contributed by atoms with van der Waals surface area (Å²) in [6.45, 7) is 2.48. The summed E-state index contributed by atoms with van der Waals surface area (Å²) in [5, 5.41) is 9.51. The summed E-state index contributed by atoms with van der Waals surface area (Å²) in [5.74, 6) is -2.22. The zero-order valence-corrected chi connectivity index (χ0v) is 20.6. The highest BCUT2D eigenvalue weighted by Crippen LogP contribution is 2.58. The summed E-state index contributed by atoms with van der Waals surface area (Å²) in [5.41, 5.74) is -1.73. The number of carbonyl (C=O) groups excluding carboxylic acids is 3. The van der Waals surface area contributed by atoms with E-state index in [2.05, 4.69) is 0 Å². The van der Waals surface area contributed by atoms with Crippen LogP contribution in [-0.2, 0) is 23.9 Å². The number of methoxy groups -OCH3 is 1. The van der Waals surface area contributed by atoms with Crippen LogP contribution < -0.4 is 9.64 Å². The highest BCUT2D eigenvalue weighted by molar-refractivity contribution is 6.05. The van der Waals surface area contributed by atoms with Gasteiger partial charge in [-0.1, -0.05) is 31.2 Å². The second-order valence-electron chi connectivity index (χ2n) is 9.64. The van der Waals surface area contributed by atoms with Crippen LogP contribution in [0, 0.1) is 11.8 Å². The van der Waals surface area contributed by atoms with E-state index in [9.17, 15) is 19.5 Å². The summed E-state index contributed by atoms with van der Waals surface area (Å²) in [6, 6.07) is 6.16. The molecule has 1 unspecified atom stereocenters. The van der Waals surface area contributed by atoms with Crippen LogP contribution in [-0.4, -0.2) is 78.4 Å². The molecular formula is C27H32N2O7. The molecule has 5 atom stereocenters. The van der Waals surface area contributed by atoms with Gasteiger partial charge in [-0.2, -0.15) is 0 Å². The minimum Gasteiger partial charge on any atom is -0.497 e. The maximum absolute atomic E-state index is 14.2. The van der Waals surface area contributed by atoms with E-state index in [-0.39, 0.29) is 38.1 Å². The molecule has 5 rings (SSSR count). The van der Waals surface area contributed by atoms with E-state index in [4.69, 9.17) is 14.2 Å². The molecule has 1 aromatic rings. The first kappa shape index (κ1) is 24.5. The first-order valence-corrected chi connectivity index (χ1v) is 12.5. The highest BCUT2D eigenvalue weighted by atomic mass is 16.6. The number of amides is 2. The van der Waals surface area contributed by atoms with E-state index in [0.717, 1.165) is 0 Å². The molecule has 1 spiro atoms. The van der Waals surface area contributed by atoms with Gasteiger partial charge in [0, 0.05) is 25.4 Å². The molecule has 0 aliphatic carbocycles. The number of esters is 1. The average Bonchev–Trinajstić information content (AvgIpc) is 3.23. The van der Waals surface area contributed by atoms with Crippen LogP contribution in [0.3, 0.4) is 0 Å². The lowest BCUT2D eigenvalue weighted by molar-refractivity contribution is -0.160. The third-order valence-electron chi connectivity index (χ3n) is 7.84. The first-order valence-electron chi connectivity index (χ1n) is 12.5. The van der Waals surface area contributed by atoms with Gasteiger partial charge in [-0.05, 0) is 43.5 Å². The Labute approximate surface area is 210 Å². The van der Waals surface area contributed by atoms with Gasteiger partial charge >= 0.3 is 5.97 Å². The number of anilines is 1. The Morgan fingerprint density at radius 2 is 1.86 bits per heavy atom. The van der Waals surface area contributed by atoms with E-state index in [1.54, 1.807) is 36.3 Å². The van der Waals surface area contributed by atoms with Crippen LogP contribution in [0.2, 0.25) is 0 Å². The normalized spacial score (nSPS) is 33.4. The van der Waals surface area contributed by atoms with Gasteiger partial charge in [-0.15, -0.1) is 0 Å². The number of cyclic esters (lactones) is 1. The Hall–Kier alpha value is -3.17. The average molecular weight is 497 g/mol. The van der Waals surface area contributed by atoms with Crippen molar-refractivity contribution in [3.05, 3.63) is 48.6 Å². The Kier molecular flexibility index (Phi) is 6.38. The van der Waals surface area contributed by atoms with Crippen molar-refractivity contribution in [1.82, 2.24) is 4.90 Å². The quantitative estimate of drug-likeness (QED) is 0.473. The van der Waals surface area contributed by atoms with Crippen molar-refractivity contribution in [2.45, 2.75) is 43.4 Å². The number of aliphatic hydroxyl groups excluding tert-OH is 1. The molecule has 4 heterocycles. The van der Waals surface area contributed by atoms with Gasteiger partial charge < -0.3 is 29.1 Å². The number of ether oxygens (including phenoxy) is 3. The van der Waals surface area contributed by atoms with E-state index < -0.39 is 35.0 Å². The molecule has 4 aliphatic heterocycles. The molecule has 192 valence electrons. The Bertz CT molecular complexity index is 1100. The number of likely N-dealkylation sites (tertiary alicyclic amines) is 1. The van der Waals surface area contributed by atoms with Gasteiger partial charge in [-0.25, -0.2) is 0 Å². The Morgan fingerprint density at radius 3 is 2.56 bits per heavy atom. The Morgan fingerprint density at radius 1 is 1.08 bits per heavy atom. The number of nitrogens with zero attached hydrogens (tertiary/aromatic N) is 2. The second-order valence-corrected chi connectivity index (χ2v) is 9.64. The molecule has 2 fully saturated rings. The summed E-state index contributed by atoms with van der Waals surface area (Å²) < 4.78 is 17.6. The largest absolute Gasteiger partial charge is 0.497 e. The standard InChI is InChI=1S/C27H32N2O7/c1-3-26-12-4-5-17-35-25(33)21(26)20-23(31)29(15-7-16-30)22-24(32)28(14-6-13-27(20,22)36-26)18-8-10-19(34-2)11-9-18/h4,6,8-13,20-22,30H,3,5,7,14-17H2,1-2H3/t20-,21+,22?,26-,27-/m0/s1. The summed E-state index contributed by atoms with van der Waals surface area (Å²) in [7, 11) is 1.58. The van der Waals surface area contributed by atoms with Gasteiger partial charge in [0.05, 0.1) is 19.6 Å². The molecule has 2 amide bonds. The van der Waals surface area contributed by atoms with Crippen molar-refractivity contribution in [2.75, 3.05) is 38.3 Å². The molecule has 1 N–H and O–H groups in total. The third-order valence-corrected chi connectivity index (χ3v) is 7.84. The maximum Gasteiger partial charge on any atom is 0.313 e. The van der Waals surface area contributed by atoms with E-state index in [0.29, 0.717) is 30.7 Å². The SMILES string of the molecule is CC[C@]12C=CCCOC(=O)[C@H]1[C@H]1C(=O)N(CCCO)C3C(=O)N(c4ccc(OC)cc4)CC=C[C@@]31O2. The molecular weight excluding hydrogens is 464 g/mol. The van der Waals surface area contributed by atoms with Crippen molar-refractivity contribution in [3.8, 4) is 5.75 Å². The first-order chi connectivity index (χ1) is 17.4. The molecule has 0 radical (unpaired) electrons. The smallest absolute Gasteiger partial charge is 0.313 e. The van der Waals surface area contributed by atoms with Crippen molar-refractivity contribution >= 4 is 23.5 Å². The van der Waals surface area contributed by atoms with Gasteiger partial charge in [0.2, 0.25) is 5.91 Å². The molecule has 9 nitrogen and oxygen atoms in total. The van der Waals surface area contributed by atoms with E-state index in [1.165, 1.54) is 4.90 Å². The number of hydrogen-bond donors (Lipinski definition) is 1. The topological polar surface area (TPSA) is 106 Å². The highest BCUT2D eigenvalue weighted by Gasteiger charge is 2.75. The van der Waals surface area contributed by atoms with Crippen molar-refractivity contribution in [1.29, 1.82) is 0 Å². The summed E-state index contributed by atoms with van der Waals surface area (Å²) in [4.78, 5) is 44.7. The lowest BCUT2D eigenvalue weighted by Crippen LogP contribution is -2.56. The molecule has 1 aromatic carbocycles. The molecule has 36 heavy (non-hydrogen) atoms. The van der Waals surface area contributed by atoms with E-state index in [1.807, 2.05) is 31.2 Å². The van der Waals surface area contributed by atoms with Crippen LogP contribution in [0.15, 0.2) is 48.6 Å². The second kappa shape index (κ2) is 9.37. The number of rotatable bonds is 6. The van der Waals surface area contributed by atoms with Crippen LogP contribution in [0.25, 0.3) is 0 Å². The van der Waals surface area contributed by atoms with Gasteiger partial charge in [0.1, 0.15) is 28.9 Å². The third kappa shape index (κ3) is 3.56. The predicted molar refractivity (Wildman–Crippen MR) is 130 cm³/mol. The lowest BCUT2D eigenvalue weighted by Gasteiger charge is -2.38. The van der Waals surface area contributed by atoms with Crippen LogP contribution in [0.5, 0.6) is 5.75 Å². The fourth-order valence-electron chi connectivity index (χ4n) is 6.20. The number of hydrogen-bond acceptors (Lipinski definition) is 7. The molecule has 0 aromatic heterocycles. The maximum atomic E-state index is 14.2. The number of aliphatic hydroxyl groups is 1. The van der Waals surface area contributed by atoms with Gasteiger partial charge in [0.15, 0.2) is 0 Å². The monoisotopic (exact) mass is 496 g/mol. The molecule has 4 aliphatic rings. The summed E-state index contributed by atoms with van der Waals surface area (Å²) in [6.07, 6.45) is 8.77. The van der Waals surface area contributed by atoms with Gasteiger partial charge in [0.25, 0.3) is 5.91 Å². The molecule has 9 heteroatoms. The molecule has 2 saturated heterocycles. The van der Waals surface area contributed by atoms with Crippen molar-refractivity contribution in [2.24, 2.45) is 11.8 Å². The minimum atomic E-state index is -1.33. The fourth-order valence-corrected chi connectivity index (χ4v) is 6.20. The van der Waals surface area contributed by atoms with Crippen molar-refractivity contribution in [3.63, 3.8) is 0 Å². The Balaban J connectivity index is 1.63. The predicted octanol–water partition coefficient (Wildman–Crippen LogP) is 1.84. The van der Waals surface area contributed by atoms with Crippen LogP contribution in [0.1, 0.15) is 26.2 Å². The van der Waals surface area contributed by atoms with Crippen LogP contribution >= 0.6 is 0 Å². The number of carbonyl (C=O) groups is 3. The van der Waals surface area contributed by atoms with Gasteiger partial charge in [-0.3, -0.25) is 14.4 Å². The minimum absolute atomic E-state index is 0.131. The zero-order chi connectivity index (χ0) is 25.5. The zero-order valence-electron chi connectivity index (χ0n) is 20.6. The van der Waals surface area contributed by atoms with Crippen molar-refractivity contribution < 1.29 is 33.7 Å². The fraction of sp³-hybridized carbons (Fsp3) is 0.519. The van der Waals surface area contributed by atoms with Crippen LogP contribution in [0.4, 0.5) is 5.69 Å². The number of benzene rings is 1. The lowest BCUT2D eigenvalue weighted by atomic mass is 9.73. The molecule has 0 saturated carbocycles. The van der Waals surface area contributed by atoms with E-state index >= 15 is 0 Å². The summed E-state index contributed by atoms with van der Waals surface area (Å²) >= 11 is 0. The molecule has 0 bridgehead atoms.